The minimum atomic E-state index is 0.170. The number of aliphatic hydroxyl groups excluding tert-OH is 1. The average molecular weight is 208 g/mol. The molecule has 1 aromatic rings. The Kier molecular flexibility index (Phi) is 4.71. The van der Waals surface area contributed by atoms with E-state index in [1.165, 1.54) is 0 Å². The van der Waals surface area contributed by atoms with Gasteiger partial charge in [-0.1, -0.05) is 18.2 Å². The molecule has 0 radical (unpaired) electrons. The van der Waals surface area contributed by atoms with E-state index in [1.807, 2.05) is 30.4 Å². The lowest BCUT2D eigenvalue weighted by Crippen LogP contribution is -1.90. The molecule has 0 saturated carbocycles. The molecule has 3 nitrogen and oxygen atoms in total. The number of benzene rings is 1. The number of rotatable bonds is 5. The molecule has 0 amide bonds. The quantitative estimate of drug-likeness (QED) is 0.805. The molecule has 0 aliphatic rings. The highest BCUT2D eigenvalue weighted by Gasteiger charge is 2.01. The minimum Gasteiger partial charge on any atom is -0.493 e. The van der Waals surface area contributed by atoms with Crippen LogP contribution in [0.15, 0.2) is 24.3 Å². The Bertz CT molecular complexity index is 332. The van der Waals surface area contributed by atoms with E-state index in [1.54, 1.807) is 14.2 Å². The van der Waals surface area contributed by atoms with Crippen LogP contribution in [0.25, 0.3) is 6.08 Å². The normalized spacial score (nSPS) is 10.6. The Balaban J connectivity index is 2.83. The largest absolute Gasteiger partial charge is 0.493 e. The summed E-state index contributed by atoms with van der Waals surface area (Å²) in [5.41, 5.74) is 1.03. The molecule has 0 spiro atoms. The van der Waals surface area contributed by atoms with Crippen LogP contribution >= 0.6 is 0 Å². The summed E-state index contributed by atoms with van der Waals surface area (Å²) in [5.74, 6) is 1.43. The molecule has 3 heteroatoms. The van der Waals surface area contributed by atoms with Crippen molar-refractivity contribution < 1.29 is 14.6 Å². The molecule has 0 unspecified atom stereocenters. The summed E-state index contributed by atoms with van der Waals surface area (Å²) in [6.07, 6.45) is 4.52. The summed E-state index contributed by atoms with van der Waals surface area (Å²) in [6, 6.07) is 5.69. The van der Waals surface area contributed by atoms with Gasteiger partial charge in [0.1, 0.15) is 0 Å². The van der Waals surface area contributed by atoms with Gasteiger partial charge in [0, 0.05) is 6.61 Å². The summed E-state index contributed by atoms with van der Waals surface area (Å²) in [4.78, 5) is 0. The van der Waals surface area contributed by atoms with Crippen molar-refractivity contribution in [3.63, 3.8) is 0 Å². The SMILES string of the molecule is COc1ccc(/C=C\CCO)cc1OC. The van der Waals surface area contributed by atoms with Gasteiger partial charge in [-0.05, 0) is 24.1 Å². The van der Waals surface area contributed by atoms with Gasteiger partial charge in [-0.2, -0.15) is 0 Å². The zero-order valence-electron chi connectivity index (χ0n) is 9.06. The smallest absolute Gasteiger partial charge is 0.161 e. The first-order valence-corrected chi connectivity index (χ1v) is 4.81. The fourth-order valence-electron chi connectivity index (χ4n) is 1.25. The fourth-order valence-corrected chi connectivity index (χ4v) is 1.25. The maximum absolute atomic E-state index is 8.63. The summed E-state index contributed by atoms with van der Waals surface area (Å²) in [5, 5.41) is 8.63. The maximum atomic E-state index is 8.63. The van der Waals surface area contributed by atoms with Gasteiger partial charge < -0.3 is 14.6 Å². The molecule has 15 heavy (non-hydrogen) atoms. The second-order valence-corrected chi connectivity index (χ2v) is 3.03. The Morgan fingerprint density at radius 1 is 1.20 bits per heavy atom. The minimum absolute atomic E-state index is 0.170. The van der Waals surface area contributed by atoms with Gasteiger partial charge in [0.25, 0.3) is 0 Å². The van der Waals surface area contributed by atoms with Crippen molar-refractivity contribution in [2.45, 2.75) is 6.42 Å². The predicted octanol–water partition coefficient (Wildman–Crippen LogP) is 2.10. The van der Waals surface area contributed by atoms with Crippen molar-refractivity contribution in [2.75, 3.05) is 20.8 Å². The monoisotopic (exact) mass is 208 g/mol. The van der Waals surface area contributed by atoms with E-state index in [9.17, 15) is 0 Å². The second-order valence-electron chi connectivity index (χ2n) is 3.03. The van der Waals surface area contributed by atoms with Gasteiger partial charge in [-0.25, -0.2) is 0 Å². The number of hydrogen-bond donors (Lipinski definition) is 1. The lowest BCUT2D eigenvalue weighted by atomic mass is 10.2. The van der Waals surface area contributed by atoms with Gasteiger partial charge in [0.2, 0.25) is 0 Å². The third-order valence-corrected chi connectivity index (χ3v) is 2.01. The molecule has 1 aromatic carbocycles. The van der Waals surface area contributed by atoms with Gasteiger partial charge >= 0.3 is 0 Å². The molecule has 0 fully saturated rings. The van der Waals surface area contributed by atoms with E-state index in [0.717, 1.165) is 11.3 Å². The van der Waals surface area contributed by atoms with Crippen LogP contribution in [0, 0.1) is 0 Å². The van der Waals surface area contributed by atoms with E-state index in [4.69, 9.17) is 14.6 Å². The molecule has 0 aromatic heterocycles. The van der Waals surface area contributed by atoms with Crippen LogP contribution in [-0.2, 0) is 0 Å². The summed E-state index contributed by atoms with van der Waals surface area (Å²) in [6.45, 7) is 0.170. The highest BCUT2D eigenvalue weighted by Crippen LogP contribution is 2.27. The van der Waals surface area contributed by atoms with Gasteiger partial charge in [0.15, 0.2) is 11.5 Å². The maximum Gasteiger partial charge on any atom is 0.161 e. The van der Waals surface area contributed by atoms with Crippen molar-refractivity contribution in [1.29, 1.82) is 0 Å². The van der Waals surface area contributed by atoms with Crippen molar-refractivity contribution in [3.8, 4) is 11.5 Å². The van der Waals surface area contributed by atoms with Crippen molar-refractivity contribution in [3.05, 3.63) is 29.8 Å². The zero-order chi connectivity index (χ0) is 11.1. The van der Waals surface area contributed by atoms with Gasteiger partial charge in [-0.15, -0.1) is 0 Å². The Morgan fingerprint density at radius 2 is 1.93 bits per heavy atom. The molecule has 1 N–H and O–H groups in total. The van der Waals surface area contributed by atoms with Crippen molar-refractivity contribution in [1.82, 2.24) is 0 Å². The molecule has 0 bridgehead atoms. The van der Waals surface area contributed by atoms with Gasteiger partial charge in [0.05, 0.1) is 14.2 Å². The summed E-state index contributed by atoms with van der Waals surface area (Å²) < 4.78 is 10.3. The number of ether oxygens (including phenoxy) is 2. The highest BCUT2D eigenvalue weighted by atomic mass is 16.5. The van der Waals surface area contributed by atoms with E-state index >= 15 is 0 Å². The topological polar surface area (TPSA) is 38.7 Å². The predicted molar refractivity (Wildman–Crippen MR) is 60.3 cm³/mol. The molecule has 0 atom stereocenters. The van der Waals surface area contributed by atoms with Crippen molar-refractivity contribution in [2.24, 2.45) is 0 Å². The first kappa shape index (κ1) is 11.6. The first-order chi connectivity index (χ1) is 7.31. The van der Waals surface area contributed by atoms with E-state index < -0.39 is 0 Å². The summed E-state index contributed by atoms with van der Waals surface area (Å²) in [7, 11) is 3.22. The standard InChI is InChI=1S/C12H16O3/c1-14-11-7-6-10(5-3-4-8-13)9-12(11)15-2/h3,5-7,9,13H,4,8H2,1-2H3/b5-3-. The second kappa shape index (κ2) is 6.09. The highest BCUT2D eigenvalue weighted by molar-refractivity contribution is 5.55. The molecular formula is C12H16O3. The summed E-state index contributed by atoms with van der Waals surface area (Å²) >= 11 is 0. The van der Waals surface area contributed by atoms with Crippen LogP contribution in [0.2, 0.25) is 0 Å². The fraction of sp³-hybridized carbons (Fsp3) is 0.333. The first-order valence-electron chi connectivity index (χ1n) is 4.81. The average Bonchev–Trinajstić information content (AvgIpc) is 2.29. The van der Waals surface area contributed by atoms with E-state index in [2.05, 4.69) is 0 Å². The van der Waals surface area contributed by atoms with Crippen LogP contribution in [0.1, 0.15) is 12.0 Å². The Labute approximate surface area is 90.0 Å². The molecule has 1 rings (SSSR count). The molecule has 0 aliphatic carbocycles. The third-order valence-electron chi connectivity index (χ3n) is 2.01. The van der Waals surface area contributed by atoms with Crippen LogP contribution in [0.3, 0.4) is 0 Å². The molecule has 0 saturated heterocycles. The van der Waals surface area contributed by atoms with Gasteiger partial charge in [-0.3, -0.25) is 0 Å². The molecule has 0 aliphatic heterocycles. The van der Waals surface area contributed by atoms with Crippen LogP contribution in [-0.4, -0.2) is 25.9 Å². The van der Waals surface area contributed by atoms with Crippen LogP contribution in [0.4, 0.5) is 0 Å². The lowest BCUT2D eigenvalue weighted by molar-refractivity contribution is 0.303. The number of methoxy groups -OCH3 is 2. The molecule has 0 heterocycles. The van der Waals surface area contributed by atoms with Crippen LogP contribution in [0.5, 0.6) is 11.5 Å². The molecule has 82 valence electrons. The molecular weight excluding hydrogens is 192 g/mol. The van der Waals surface area contributed by atoms with Crippen molar-refractivity contribution >= 4 is 6.08 Å². The third kappa shape index (κ3) is 3.29. The van der Waals surface area contributed by atoms with E-state index in [-0.39, 0.29) is 6.61 Å². The number of aliphatic hydroxyl groups is 1. The lowest BCUT2D eigenvalue weighted by Gasteiger charge is -2.07. The Hall–Kier alpha value is -1.48. The zero-order valence-corrected chi connectivity index (χ0v) is 9.06. The van der Waals surface area contributed by atoms with Crippen LogP contribution < -0.4 is 9.47 Å². The Morgan fingerprint density at radius 3 is 2.53 bits per heavy atom. The number of hydrogen-bond acceptors (Lipinski definition) is 3. The van der Waals surface area contributed by atoms with E-state index in [0.29, 0.717) is 12.2 Å².